The summed E-state index contributed by atoms with van der Waals surface area (Å²) in [5, 5.41) is 9.22. The monoisotopic (exact) mass is 328 g/mol. The number of fused-ring (bicyclic) bond motifs is 1. The second kappa shape index (κ2) is 9.16. The molecule has 4 heteroatoms. The van der Waals surface area contributed by atoms with E-state index in [0.29, 0.717) is 6.04 Å². The normalized spacial score (nSPS) is 22.3. The van der Waals surface area contributed by atoms with E-state index in [1.54, 1.807) is 0 Å². The molecule has 1 unspecified atom stereocenters. The van der Waals surface area contributed by atoms with Crippen LogP contribution in [-0.2, 0) is 0 Å². The molecule has 132 valence electrons. The molecule has 0 amide bonds. The van der Waals surface area contributed by atoms with Crippen molar-refractivity contribution in [2.45, 2.75) is 77.2 Å². The Morgan fingerprint density at radius 3 is 2.25 bits per heavy atom. The zero-order valence-electron chi connectivity index (χ0n) is 15.1. The van der Waals surface area contributed by atoms with Crippen LogP contribution >= 0.6 is 0 Å². The van der Waals surface area contributed by atoms with Gasteiger partial charge in [0.2, 0.25) is 0 Å². The van der Waals surface area contributed by atoms with Crippen LogP contribution in [0.25, 0.3) is 11.0 Å². The summed E-state index contributed by atoms with van der Waals surface area (Å²) in [6.45, 7) is 4.19. The Morgan fingerprint density at radius 2 is 1.67 bits per heavy atom. The van der Waals surface area contributed by atoms with Gasteiger partial charge < -0.3 is 5.32 Å². The fourth-order valence-electron chi connectivity index (χ4n) is 3.84. The van der Waals surface area contributed by atoms with E-state index < -0.39 is 0 Å². The van der Waals surface area contributed by atoms with Crippen molar-refractivity contribution in [3.8, 4) is 0 Å². The van der Waals surface area contributed by atoms with Crippen LogP contribution in [0.5, 0.6) is 0 Å². The quantitative estimate of drug-likeness (QED) is 0.819. The van der Waals surface area contributed by atoms with Crippen molar-refractivity contribution in [3.63, 3.8) is 0 Å². The van der Waals surface area contributed by atoms with E-state index in [9.17, 15) is 0 Å². The first kappa shape index (κ1) is 17.4. The molecule has 1 N–H and O–H groups in total. The van der Waals surface area contributed by atoms with Crippen LogP contribution in [0.4, 0.5) is 0 Å². The minimum absolute atomic E-state index is 0.458. The molecule has 0 radical (unpaired) electrons. The van der Waals surface area contributed by atoms with Crippen molar-refractivity contribution >= 4 is 11.0 Å². The van der Waals surface area contributed by atoms with Crippen molar-refractivity contribution in [3.05, 3.63) is 24.0 Å². The lowest BCUT2D eigenvalue weighted by molar-refractivity contribution is 0.352. The van der Waals surface area contributed by atoms with Crippen molar-refractivity contribution in [1.29, 1.82) is 0 Å². The molecule has 2 aromatic rings. The topological polar surface area (TPSA) is 42.7 Å². The lowest BCUT2D eigenvalue weighted by atomic mass is 10.0. The third kappa shape index (κ3) is 4.56. The first-order valence-electron chi connectivity index (χ1n) is 9.87. The minimum Gasteiger partial charge on any atom is -0.315 e. The second-order valence-corrected chi connectivity index (χ2v) is 7.23. The van der Waals surface area contributed by atoms with Crippen molar-refractivity contribution in [2.75, 3.05) is 13.1 Å². The summed E-state index contributed by atoms with van der Waals surface area (Å²) >= 11 is 0. The predicted octanol–water partition coefficient (Wildman–Crippen LogP) is 4.79. The second-order valence-electron chi connectivity index (χ2n) is 7.23. The van der Waals surface area contributed by atoms with Gasteiger partial charge in [0.25, 0.3) is 0 Å². The van der Waals surface area contributed by atoms with Crippen LogP contribution in [0.1, 0.15) is 75.9 Å². The van der Waals surface area contributed by atoms with Gasteiger partial charge in [-0.1, -0.05) is 51.4 Å². The highest BCUT2D eigenvalue weighted by atomic mass is 15.3. The van der Waals surface area contributed by atoms with Crippen molar-refractivity contribution in [2.24, 2.45) is 0 Å². The van der Waals surface area contributed by atoms with Gasteiger partial charge in [0, 0.05) is 18.1 Å². The number of nitrogens with one attached hydrogen (secondary N) is 1. The lowest BCUT2D eigenvalue weighted by Gasteiger charge is -2.23. The van der Waals surface area contributed by atoms with E-state index in [0.717, 1.165) is 24.4 Å². The van der Waals surface area contributed by atoms with E-state index in [4.69, 9.17) is 0 Å². The number of aromatic nitrogens is 3. The first-order chi connectivity index (χ1) is 11.9. The van der Waals surface area contributed by atoms with Gasteiger partial charge in [-0.3, -0.25) is 0 Å². The molecule has 0 spiro atoms. The number of hydrogen-bond donors (Lipinski definition) is 1. The molecule has 2 aromatic heterocycles. The van der Waals surface area contributed by atoms with Gasteiger partial charge in [0.1, 0.15) is 0 Å². The van der Waals surface area contributed by atoms with Crippen LogP contribution in [0.15, 0.2) is 18.3 Å². The average Bonchev–Trinajstić information content (AvgIpc) is 2.93. The number of hydrogen-bond acceptors (Lipinski definition) is 3. The summed E-state index contributed by atoms with van der Waals surface area (Å²) in [5.74, 6) is 0. The minimum atomic E-state index is 0.458. The largest absolute Gasteiger partial charge is 0.315 e. The number of piperidine rings is 1. The zero-order valence-corrected chi connectivity index (χ0v) is 15.1. The molecule has 4 nitrogen and oxygen atoms in total. The van der Waals surface area contributed by atoms with Crippen molar-refractivity contribution < 1.29 is 0 Å². The standard InChI is InChI=1S/C12H16N4.C8H16/c1-9-11-5-3-7-14-12(11)16(15-9)10-4-2-6-13-8-10;1-2-4-6-8-7-5-3-1/h3,5,7,10,13H,2,4,6,8H2,1H3;1-8H2. The molecule has 2 aliphatic rings. The molecule has 3 heterocycles. The van der Waals surface area contributed by atoms with Crippen molar-refractivity contribution in [1.82, 2.24) is 20.1 Å². The molecule has 24 heavy (non-hydrogen) atoms. The van der Waals surface area contributed by atoms with Gasteiger partial charge in [-0.2, -0.15) is 5.10 Å². The van der Waals surface area contributed by atoms with E-state index in [2.05, 4.69) is 33.1 Å². The van der Waals surface area contributed by atoms with Crippen LogP contribution in [0.3, 0.4) is 0 Å². The summed E-state index contributed by atoms with van der Waals surface area (Å²) in [6, 6.07) is 4.53. The maximum atomic E-state index is 4.63. The molecule has 1 atom stereocenters. The first-order valence-corrected chi connectivity index (χ1v) is 9.87. The average molecular weight is 329 g/mol. The molecular formula is C20H32N4. The predicted molar refractivity (Wildman–Crippen MR) is 100 cm³/mol. The van der Waals surface area contributed by atoms with Crippen LogP contribution < -0.4 is 5.32 Å². The Labute approximate surface area is 146 Å². The van der Waals surface area contributed by atoms with Gasteiger partial charge in [0.15, 0.2) is 5.65 Å². The zero-order chi connectivity index (χ0) is 16.6. The summed E-state index contributed by atoms with van der Waals surface area (Å²) < 4.78 is 2.09. The lowest BCUT2D eigenvalue weighted by Crippen LogP contribution is -2.32. The number of rotatable bonds is 1. The maximum Gasteiger partial charge on any atom is 0.158 e. The molecule has 1 aliphatic carbocycles. The maximum absolute atomic E-state index is 4.63. The Hall–Kier alpha value is -1.42. The fraction of sp³-hybridized carbons (Fsp3) is 0.700. The Bertz CT molecular complexity index is 589. The Morgan fingerprint density at radius 1 is 1.00 bits per heavy atom. The Balaban J connectivity index is 0.000000179. The van der Waals surface area contributed by atoms with Crippen LogP contribution in [0.2, 0.25) is 0 Å². The van der Waals surface area contributed by atoms with Crippen LogP contribution in [-0.4, -0.2) is 27.9 Å². The SMILES string of the molecule is C1CCCCCCC1.Cc1nn(C2CCCNC2)c2ncccc12. The number of aryl methyl sites for hydroxylation is 1. The summed E-state index contributed by atoms with van der Waals surface area (Å²) in [6.07, 6.45) is 16.3. The van der Waals surface area contributed by atoms with Gasteiger partial charge in [0.05, 0.1) is 11.7 Å². The van der Waals surface area contributed by atoms with Gasteiger partial charge >= 0.3 is 0 Å². The summed E-state index contributed by atoms with van der Waals surface area (Å²) in [7, 11) is 0. The molecule has 1 aliphatic heterocycles. The molecule has 1 saturated carbocycles. The third-order valence-corrected chi connectivity index (χ3v) is 5.27. The van der Waals surface area contributed by atoms with E-state index in [1.807, 2.05) is 12.3 Å². The number of nitrogens with zero attached hydrogens (tertiary/aromatic N) is 3. The van der Waals surface area contributed by atoms with Gasteiger partial charge in [-0.25, -0.2) is 9.67 Å². The smallest absolute Gasteiger partial charge is 0.158 e. The molecule has 2 fully saturated rings. The summed E-state index contributed by atoms with van der Waals surface area (Å²) in [4.78, 5) is 4.45. The van der Waals surface area contributed by atoms with E-state index in [1.165, 1.54) is 69.6 Å². The number of pyridine rings is 1. The third-order valence-electron chi connectivity index (χ3n) is 5.27. The Kier molecular flexibility index (Phi) is 6.65. The highest BCUT2D eigenvalue weighted by Crippen LogP contribution is 2.23. The van der Waals surface area contributed by atoms with E-state index in [-0.39, 0.29) is 0 Å². The summed E-state index contributed by atoms with van der Waals surface area (Å²) in [5.41, 5.74) is 2.10. The van der Waals surface area contributed by atoms with Crippen LogP contribution in [0, 0.1) is 6.92 Å². The fourth-order valence-corrected chi connectivity index (χ4v) is 3.84. The molecule has 0 bridgehead atoms. The van der Waals surface area contributed by atoms with E-state index >= 15 is 0 Å². The molecular weight excluding hydrogens is 296 g/mol. The molecule has 4 rings (SSSR count). The van der Waals surface area contributed by atoms with Gasteiger partial charge in [-0.05, 0) is 38.4 Å². The highest BCUT2D eigenvalue weighted by molar-refractivity contribution is 5.77. The molecule has 0 aromatic carbocycles. The molecule has 1 saturated heterocycles. The van der Waals surface area contributed by atoms with Gasteiger partial charge in [-0.15, -0.1) is 0 Å². The highest BCUT2D eigenvalue weighted by Gasteiger charge is 2.19.